The Morgan fingerprint density at radius 3 is 2.69 bits per heavy atom. The predicted molar refractivity (Wildman–Crippen MR) is 48.5 cm³/mol. The van der Waals surface area contributed by atoms with E-state index in [1.54, 1.807) is 11.4 Å². The molecule has 0 atom stereocenters. The molecule has 7 heteroatoms. The molecule has 1 amide bonds. The van der Waals surface area contributed by atoms with Gasteiger partial charge in [-0.2, -0.15) is 0 Å². The Morgan fingerprint density at radius 1 is 1.54 bits per heavy atom. The van der Waals surface area contributed by atoms with Crippen LogP contribution in [-0.2, 0) is 14.8 Å². The van der Waals surface area contributed by atoms with Crippen molar-refractivity contribution in [3.8, 4) is 0 Å². The van der Waals surface area contributed by atoms with Crippen LogP contribution in [-0.4, -0.2) is 14.3 Å². The molecule has 0 unspecified atom stereocenters. The summed E-state index contributed by atoms with van der Waals surface area (Å²) in [5.74, 6) is -0.458. The first kappa shape index (κ1) is 10.2. The second-order valence-corrected chi connectivity index (χ2v) is 5.08. The molecule has 1 aromatic heterocycles. The monoisotopic (exact) mass is 220 g/mol. The number of hydrazine groups is 1. The van der Waals surface area contributed by atoms with Gasteiger partial charge in [-0.1, -0.05) is 6.07 Å². The quantitative estimate of drug-likeness (QED) is 0.708. The van der Waals surface area contributed by atoms with Crippen LogP contribution in [0.4, 0.5) is 0 Å². The maximum Gasteiger partial charge on any atom is 0.266 e. The van der Waals surface area contributed by atoms with Crippen molar-refractivity contribution in [2.75, 3.05) is 0 Å². The third kappa shape index (κ3) is 2.79. The van der Waals surface area contributed by atoms with Crippen LogP contribution in [0, 0.1) is 0 Å². The van der Waals surface area contributed by atoms with Gasteiger partial charge in [0.25, 0.3) is 10.0 Å². The summed E-state index contributed by atoms with van der Waals surface area (Å²) in [7, 11) is -3.58. The van der Waals surface area contributed by atoms with E-state index in [9.17, 15) is 13.2 Å². The van der Waals surface area contributed by atoms with Crippen LogP contribution in [0.1, 0.15) is 6.92 Å². The molecule has 72 valence electrons. The number of nitrogens with one attached hydrogen (secondary N) is 2. The Bertz CT molecular complexity index is 382. The second-order valence-electron chi connectivity index (χ2n) is 2.22. The molecule has 0 aliphatic rings. The summed E-state index contributed by atoms with van der Waals surface area (Å²) < 4.78 is 22.7. The van der Waals surface area contributed by atoms with Crippen molar-refractivity contribution in [3.63, 3.8) is 0 Å². The van der Waals surface area contributed by atoms with E-state index >= 15 is 0 Å². The van der Waals surface area contributed by atoms with E-state index in [2.05, 4.69) is 0 Å². The van der Waals surface area contributed by atoms with Gasteiger partial charge in [0, 0.05) is 6.92 Å². The number of sulfonamides is 1. The van der Waals surface area contributed by atoms with E-state index in [-0.39, 0.29) is 4.21 Å². The Kier molecular flexibility index (Phi) is 3.02. The molecule has 0 saturated carbocycles. The van der Waals surface area contributed by atoms with E-state index in [1.165, 1.54) is 13.0 Å². The summed E-state index contributed by atoms with van der Waals surface area (Å²) in [6, 6.07) is 3.07. The molecule has 1 aromatic rings. The van der Waals surface area contributed by atoms with E-state index < -0.39 is 15.9 Å². The van der Waals surface area contributed by atoms with Gasteiger partial charge in [-0.3, -0.25) is 10.2 Å². The molecule has 0 radical (unpaired) electrons. The van der Waals surface area contributed by atoms with Crippen molar-refractivity contribution in [2.24, 2.45) is 0 Å². The minimum Gasteiger partial charge on any atom is -0.278 e. The first-order valence-corrected chi connectivity index (χ1v) is 5.70. The fourth-order valence-corrected chi connectivity index (χ4v) is 2.49. The Morgan fingerprint density at radius 2 is 2.23 bits per heavy atom. The highest BCUT2D eigenvalue weighted by atomic mass is 32.2. The highest BCUT2D eigenvalue weighted by molar-refractivity contribution is 7.91. The summed E-state index contributed by atoms with van der Waals surface area (Å²) in [6.45, 7) is 1.22. The van der Waals surface area contributed by atoms with Gasteiger partial charge in [0.2, 0.25) is 5.91 Å². The zero-order valence-electron chi connectivity index (χ0n) is 6.77. The Balaban J connectivity index is 2.74. The number of hydrogen-bond donors (Lipinski definition) is 2. The number of thiophene rings is 1. The van der Waals surface area contributed by atoms with Crippen LogP contribution < -0.4 is 10.3 Å². The smallest absolute Gasteiger partial charge is 0.266 e. The minimum atomic E-state index is -3.58. The van der Waals surface area contributed by atoms with E-state index in [1.807, 2.05) is 10.3 Å². The number of amides is 1. The third-order valence-electron chi connectivity index (χ3n) is 1.12. The zero-order valence-corrected chi connectivity index (χ0v) is 8.41. The average Bonchev–Trinajstić information content (AvgIpc) is 2.53. The molecule has 0 saturated heterocycles. The lowest BCUT2D eigenvalue weighted by Crippen LogP contribution is -2.39. The number of hydrogen-bond acceptors (Lipinski definition) is 4. The van der Waals surface area contributed by atoms with Gasteiger partial charge in [0.15, 0.2) is 0 Å². The van der Waals surface area contributed by atoms with Gasteiger partial charge in [-0.15, -0.1) is 16.2 Å². The van der Waals surface area contributed by atoms with E-state index in [0.717, 1.165) is 11.3 Å². The van der Waals surface area contributed by atoms with Gasteiger partial charge < -0.3 is 0 Å². The summed E-state index contributed by atoms with van der Waals surface area (Å²) in [4.78, 5) is 12.4. The van der Waals surface area contributed by atoms with Gasteiger partial charge in [0.1, 0.15) is 4.21 Å². The maximum atomic E-state index is 11.3. The molecule has 0 aromatic carbocycles. The van der Waals surface area contributed by atoms with Crippen molar-refractivity contribution < 1.29 is 13.2 Å². The van der Waals surface area contributed by atoms with Crippen LogP contribution >= 0.6 is 11.3 Å². The fourth-order valence-electron chi connectivity index (χ4n) is 0.606. The molecule has 0 spiro atoms. The zero-order chi connectivity index (χ0) is 9.90. The van der Waals surface area contributed by atoms with Gasteiger partial charge in [-0.05, 0) is 11.4 Å². The lowest BCUT2D eigenvalue weighted by atomic mass is 10.7. The van der Waals surface area contributed by atoms with Crippen LogP contribution in [0.2, 0.25) is 0 Å². The van der Waals surface area contributed by atoms with Crippen LogP contribution in [0.25, 0.3) is 0 Å². The van der Waals surface area contributed by atoms with Crippen LogP contribution in [0.3, 0.4) is 0 Å². The van der Waals surface area contributed by atoms with Crippen molar-refractivity contribution in [3.05, 3.63) is 17.5 Å². The average molecular weight is 220 g/mol. The van der Waals surface area contributed by atoms with E-state index in [4.69, 9.17) is 0 Å². The summed E-state index contributed by atoms with van der Waals surface area (Å²) in [6.07, 6.45) is 0. The molecule has 0 bridgehead atoms. The topological polar surface area (TPSA) is 75.3 Å². The maximum absolute atomic E-state index is 11.3. The molecule has 5 nitrogen and oxygen atoms in total. The highest BCUT2D eigenvalue weighted by Crippen LogP contribution is 2.14. The van der Waals surface area contributed by atoms with Gasteiger partial charge >= 0.3 is 0 Å². The third-order valence-corrected chi connectivity index (χ3v) is 3.77. The largest absolute Gasteiger partial charge is 0.278 e. The van der Waals surface area contributed by atoms with Gasteiger partial charge in [-0.25, -0.2) is 8.42 Å². The minimum absolute atomic E-state index is 0.168. The molecule has 1 rings (SSSR count). The first-order chi connectivity index (χ1) is 6.02. The van der Waals surface area contributed by atoms with Gasteiger partial charge in [0.05, 0.1) is 0 Å². The van der Waals surface area contributed by atoms with Crippen LogP contribution in [0.15, 0.2) is 21.7 Å². The van der Waals surface area contributed by atoms with Crippen LogP contribution in [0.5, 0.6) is 0 Å². The fraction of sp³-hybridized carbons (Fsp3) is 0.167. The normalized spacial score (nSPS) is 11.2. The first-order valence-electron chi connectivity index (χ1n) is 3.34. The second kappa shape index (κ2) is 3.86. The van der Waals surface area contributed by atoms with Crippen molar-refractivity contribution in [1.82, 2.24) is 10.3 Å². The molecular formula is C6H8N2O3S2. The van der Waals surface area contributed by atoms with Crippen molar-refractivity contribution in [2.45, 2.75) is 11.1 Å². The molecule has 13 heavy (non-hydrogen) atoms. The van der Waals surface area contributed by atoms with E-state index in [0.29, 0.717) is 0 Å². The number of carbonyl (C=O) groups excluding carboxylic acids is 1. The SMILES string of the molecule is CC(=O)NNS(=O)(=O)c1cccs1. The molecular weight excluding hydrogens is 212 g/mol. The van der Waals surface area contributed by atoms with Crippen molar-refractivity contribution in [1.29, 1.82) is 0 Å². The molecule has 1 heterocycles. The summed E-state index contributed by atoms with van der Waals surface area (Å²) >= 11 is 1.08. The Hall–Kier alpha value is -0.920. The lowest BCUT2D eigenvalue weighted by Gasteiger charge is -2.03. The molecule has 0 fully saturated rings. The summed E-state index contributed by atoms with van der Waals surface area (Å²) in [5.41, 5.74) is 2.00. The lowest BCUT2D eigenvalue weighted by molar-refractivity contribution is -0.119. The number of carbonyl (C=O) groups is 1. The highest BCUT2D eigenvalue weighted by Gasteiger charge is 2.14. The standard InChI is InChI=1S/C6H8N2O3S2/c1-5(9)7-8-13(10,11)6-3-2-4-12-6/h2-4,8H,1H3,(H,7,9). The number of rotatable bonds is 3. The molecule has 0 aliphatic carbocycles. The van der Waals surface area contributed by atoms with Crippen molar-refractivity contribution >= 4 is 27.3 Å². The summed E-state index contributed by atoms with van der Waals surface area (Å²) in [5, 5.41) is 1.64. The molecule has 2 N–H and O–H groups in total. The Labute approximate surface area is 79.8 Å². The molecule has 0 aliphatic heterocycles. The predicted octanol–water partition coefficient (Wildman–Crippen LogP) is 0.0775.